The smallest absolute Gasteiger partial charge is 0.306 e. The van der Waals surface area contributed by atoms with E-state index >= 15 is 0 Å². The molecule has 0 bridgehead atoms. The van der Waals surface area contributed by atoms with Crippen LogP contribution in [0.4, 0.5) is 0 Å². The number of carbonyl (C=O) groups is 2. The minimum absolute atomic E-state index is 0.0647. The molecule has 0 fully saturated rings. The minimum atomic E-state index is -0.562. The molecule has 0 aromatic carbocycles. The maximum atomic E-state index is 12.8. The fourth-order valence-corrected chi connectivity index (χ4v) is 7.74. The third-order valence-electron chi connectivity index (χ3n) is 11.9. The Balaban J connectivity index is 4.32. The summed E-state index contributed by atoms with van der Waals surface area (Å²) in [6, 6.07) is 0. The quantitative estimate of drug-likeness (QED) is 0.0346. The van der Waals surface area contributed by atoms with Crippen molar-refractivity contribution in [2.75, 3.05) is 19.8 Å². The van der Waals surface area contributed by atoms with Gasteiger partial charge in [0.15, 0.2) is 6.10 Å². The SMILES string of the molecule is CC/C=C\C/C=C\C/C=C\C/C=C\C/C=C\CCCCOCC(COC(=O)CCCCCCCCCCC/C=C\C/C=C\CCCCC)OC(=O)CCCCCCCCCCCCCCC. The molecule has 66 heavy (non-hydrogen) atoms. The summed E-state index contributed by atoms with van der Waals surface area (Å²) < 4.78 is 17.4. The fourth-order valence-electron chi connectivity index (χ4n) is 7.74. The van der Waals surface area contributed by atoms with E-state index in [0.29, 0.717) is 19.4 Å². The lowest BCUT2D eigenvalue weighted by molar-refractivity contribution is -0.163. The molecule has 0 aliphatic heterocycles. The largest absolute Gasteiger partial charge is 0.462 e. The van der Waals surface area contributed by atoms with Crippen molar-refractivity contribution in [1.82, 2.24) is 0 Å². The van der Waals surface area contributed by atoms with E-state index in [1.54, 1.807) is 0 Å². The third kappa shape index (κ3) is 53.7. The molecular weight excluding hydrogens is 813 g/mol. The summed E-state index contributed by atoms with van der Waals surface area (Å²) in [5.74, 6) is -0.420. The molecule has 5 nitrogen and oxygen atoms in total. The molecule has 0 aliphatic rings. The lowest BCUT2D eigenvalue weighted by atomic mass is 10.0. The number of esters is 2. The van der Waals surface area contributed by atoms with Crippen LogP contribution in [0.5, 0.6) is 0 Å². The van der Waals surface area contributed by atoms with Gasteiger partial charge in [-0.2, -0.15) is 0 Å². The summed E-state index contributed by atoms with van der Waals surface area (Å²) >= 11 is 0. The van der Waals surface area contributed by atoms with Crippen LogP contribution in [0.1, 0.15) is 265 Å². The normalized spacial score (nSPS) is 12.8. The average molecular weight is 920 g/mol. The molecule has 0 saturated carbocycles. The van der Waals surface area contributed by atoms with E-state index in [-0.39, 0.29) is 25.2 Å². The van der Waals surface area contributed by atoms with E-state index in [0.717, 1.165) is 89.9 Å². The monoisotopic (exact) mass is 919 g/mol. The van der Waals surface area contributed by atoms with Crippen LogP contribution in [-0.2, 0) is 23.8 Å². The zero-order chi connectivity index (χ0) is 47.7. The maximum Gasteiger partial charge on any atom is 0.306 e. The van der Waals surface area contributed by atoms with Gasteiger partial charge in [-0.1, -0.05) is 241 Å². The number of ether oxygens (including phenoxy) is 3. The van der Waals surface area contributed by atoms with Crippen LogP contribution >= 0.6 is 0 Å². The predicted octanol–water partition coefficient (Wildman–Crippen LogP) is 19.2. The fraction of sp³-hybridized carbons (Fsp3) is 0.738. The highest BCUT2D eigenvalue weighted by atomic mass is 16.6. The molecule has 0 spiro atoms. The van der Waals surface area contributed by atoms with Crippen molar-refractivity contribution >= 4 is 11.9 Å². The van der Waals surface area contributed by atoms with Crippen LogP contribution in [0.2, 0.25) is 0 Å². The second kappa shape index (κ2) is 56.4. The average Bonchev–Trinajstić information content (AvgIpc) is 3.32. The van der Waals surface area contributed by atoms with Gasteiger partial charge in [0.05, 0.1) is 6.61 Å². The van der Waals surface area contributed by atoms with E-state index in [2.05, 4.69) is 106 Å². The molecule has 0 saturated heterocycles. The van der Waals surface area contributed by atoms with Gasteiger partial charge in [-0.25, -0.2) is 0 Å². The van der Waals surface area contributed by atoms with E-state index < -0.39 is 6.10 Å². The van der Waals surface area contributed by atoms with Crippen LogP contribution < -0.4 is 0 Å². The van der Waals surface area contributed by atoms with Crippen LogP contribution in [0, 0.1) is 0 Å². The Morgan fingerprint density at radius 3 is 1.12 bits per heavy atom. The van der Waals surface area contributed by atoms with Crippen molar-refractivity contribution in [3.05, 3.63) is 85.1 Å². The summed E-state index contributed by atoms with van der Waals surface area (Å²) in [6.45, 7) is 7.61. The van der Waals surface area contributed by atoms with Gasteiger partial charge in [-0.05, 0) is 96.3 Å². The first kappa shape index (κ1) is 63.1. The van der Waals surface area contributed by atoms with E-state index in [1.165, 1.54) is 141 Å². The van der Waals surface area contributed by atoms with Crippen LogP contribution in [0.3, 0.4) is 0 Å². The Morgan fingerprint density at radius 1 is 0.348 bits per heavy atom. The Kier molecular flexibility index (Phi) is 53.9. The highest BCUT2D eigenvalue weighted by Gasteiger charge is 2.17. The highest BCUT2D eigenvalue weighted by molar-refractivity contribution is 5.70. The standard InChI is InChI=1S/C61H106O5/c1-4-7-10-13-16-19-22-25-27-29-31-32-34-37-39-42-45-48-51-54-60(62)65-58-59(66-61(63)55-52-49-46-43-40-36-24-21-18-15-12-9-6-3)57-64-56-53-50-47-44-41-38-35-33-30-28-26-23-20-17-14-11-8-5-2/h8,11,16-17,19-20,25-28,33,35,41,44,59H,4-7,9-10,12-15,18,21-24,29-32,34,36-40,42-43,45-58H2,1-3H3/b11-8-,19-16-,20-17-,27-25-,28-26-,35-33-,44-41-. The molecule has 0 heterocycles. The van der Waals surface area contributed by atoms with Crippen molar-refractivity contribution in [2.24, 2.45) is 0 Å². The van der Waals surface area contributed by atoms with E-state index in [1.807, 2.05) is 0 Å². The molecule has 0 aromatic rings. The molecule has 0 rings (SSSR count). The zero-order valence-corrected chi connectivity index (χ0v) is 43.7. The number of allylic oxidation sites excluding steroid dienone is 14. The summed E-state index contributed by atoms with van der Waals surface area (Å²) in [5, 5.41) is 0. The summed E-state index contributed by atoms with van der Waals surface area (Å²) in [6.07, 6.45) is 74.6. The third-order valence-corrected chi connectivity index (χ3v) is 11.9. The van der Waals surface area contributed by atoms with Gasteiger partial charge >= 0.3 is 11.9 Å². The molecule has 5 heteroatoms. The summed E-state index contributed by atoms with van der Waals surface area (Å²) in [5.41, 5.74) is 0. The molecule has 1 unspecified atom stereocenters. The summed E-state index contributed by atoms with van der Waals surface area (Å²) in [4.78, 5) is 25.5. The molecular formula is C61H106O5. The van der Waals surface area contributed by atoms with Crippen LogP contribution in [-0.4, -0.2) is 37.9 Å². The lowest BCUT2D eigenvalue weighted by Crippen LogP contribution is -2.30. The van der Waals surface area contributed by atoms with Crippen molar-refractivity contribution in [3.8, 4) is 0 Å². The first-order valence-corrected chi connectivity index (χ1v) is 28.1. The first-order chi connectivity index (χ1) is 32.6. The van der Waals surface area contributed by atoms with Gasteiger partial charge in [-0.3, -0.25) is 9.59 Å². The number of unbranched alkanes of at least 4 members (excludes halogenated alkanes) is 26. The molecule has 0 N–H and O–H groups in total. The van der Waals surface area contributed by atoms with Gasteiger partial charge in [0, 0.05) is 19.4 Å². The molecule has 0 aliphatic carbocycles. The van der Waals surface area contributed by atoms with Crippen LogP contribution in [0.15, 0.2) is 85.1 Å². The Morgan fingerprint density at radius 2 is 0.682 bits per heavy atom. The van der Waals surface area contributed by atoms with E-state index in [9.17, 15) is 9.59 Å². The maximum absolute atomic E-state index is 12.8. The second-order valence-corrected chi connectivity index (χ2v) is 18.5. The molecule has 380 valence electrons. The summed E-state index contributed by atoms with van der Waals surface area (Å²) in [7, 11) is 0. The Bertz CT molecular complexity index is 1220. The second-order valence-electron chi connectivity index (χ2n) is 18.5. The molecule has 0 radical (unpaired) electrons. The lowest BCUT2D eigenvalue weighted by Gasteiger charge is -2.18. The molecule has 0 aromatic heterocycles. The molecule has 0 amide bonds. The Labute approximate surface area is 409 Å². The van der Waals surface area contributed by atoms with Gasteiger partial charge in [0.25, 0.3) is 0 Å². The first-order valence-electron chi connectivity index (χ1n) is 28.1. The van der Waals surface area contributed by atoms with Gasteiger partial charge in [0.1, 0.15) is 6.61 Å². The number of rotatable bonds is 51. The highest BCUT2D eigenvalue weighted by Crippen LogP contribution is 2.15. The van der Waals surface area contributed by atoms with Gasteiger partial charge in [0.2, 0.25) is 0 Å². The topological polar surface area (TPSA) is 61.8 Å². The number of hydrogen-bond donors (Lipinski definition) is 0. The molecule has 1 atom stereocenters. The predicted molar refractivity (Wildman–Crippen MR) is 288 cm³/mol. The van der Waals surface area contributed by atoms with E-state index in [4.69, 9.17) is 14.2 Å². The van der Waals surface area contributed by atoms with Gasteiger partial charge < -0.3 is 14.2 Å². The number of carbonyl (C=O) groups excluding carboxylic acids is 2. The van der Waals surface area contributed by atoms with Crippen molar-refractivity contribution in [1.29, 1.82) is 0 Å². The zero-order valence-electron chi connectivity index (χ0n) is 43.7. The minimum Gasteiger partial charge on any atom is -0.462 e. The Hall–Kier alpha value is -2.92. The number of hydrogen-bond acceptors (Lipinski definition) is 5. The van der Waals surface area contributed by atoms with Crippen molar-refractivity contribution in [2.45, 2.75) is 271 Å². The van der Waals surface area contributed by atoms with Gasteiger partial charge in [-0.15, -0.1) is 0 Å². The van der Waals surface area contributed by atoms with Crippen molar-refractivity contribution < 1.29 is 23.8 Å². The van der Waals surface area contributed by atoms with Crippen molar-refractivity contribution in [3.63, 3.8) is 0 Å². The van der Waals surface area contributed by atoms with Crippen LogP contribution in [0.25, 0.3) is 0 Å².